The fourth-order valence-corrected chi connectivity index (χ4v) is 3.67. The van der Waals surface area contributed by atoms with Crippen LogP contribution in [0.3, 0.4) is 0 Å². The van der Waals surface area contributed by atoms with Crippen molar-refractivity contribution in [3.05, 3.63) is 65.7 Å². The van der Waals surface area contributed by atoms with Gasteiger partial charge in [0.05, 0.1) is 6.61 Å². The Bertz CT molecular complexity index is 549. The van der Waals surface area contributed by atoms with E-state index in [1.165, 1.54) is 17.5 Å². The van der Waals surface area contributed by atoms with Gasteiger partial charge in [-0.15, -0.1) is 0 Å². The van der Waals surface area contributed by atoms with Gasteiger partial charge in [0.25, 0.3) is 0 Å². The van der Waals surface area contributed by atoms with E-state index >= 15 is 0 Å². The minimum atomic E-state index is 0.434. The van der Waals surface area contributed by atoms with Crippen LogP contribution >= 0.6 is 15.9 Å². The maximum atomic E-state index is 5.49. The quantitative estimate of drug-likeness (QED) is 0.673. The Balaban J connectivity index is 1.67. The Morgan fingerprint density at radius 2 is 1.80 bits per heavy atom. The van der Waals surface area contributed by atoms with E-state index in [1.807, 2.05) is 6.92 Å². The Morgan fingerprint density at radius 1 is 1.10 bits per heavy atom. The van der Waals surface area contributed by atoms with Crippen LogP contribution in [0.5, 0.6) is 5.75 Å². The minimum Gasteiger partial charge on any atom is -0.494 e. The van der Waals surface area contributed by atoms with Crippen LogP contribution in [0.15, 0.2) is 54.6 Å². The first-order chi connectivity index (χ1) is 9.79. The van der Waals surface area contributed by atoms with Gasteiger partial charge in [0.15, 0.2) is 0 Å². The maximum absolute atomic E-state index is 5.49. The van der Waals surface area contributed by atoms with Crippen LogP contribution in [0.4, 0.5) is 0 Å². The molecule has 3 rings (SSSR count). The highest BCUT2D eigenvalue weighted by Crippen LogP contribution is 2.57. The highest BCUT2D eigenvalue weighted by molar-refractivity contribution is 9.09. The molecule has 3 atom stereocenters. The highest BCUT2D eigenvalue weighted by atomic mass is 79.9. The number of halogens is 1. The van der Waals surface area contributed by atoms with E-state index in [9.17, 15) is 0 Å². The van der Waals surface area contributed by atoms with E-state index < -0.39 is 0 Å². The standard InChI is InChI=1S/C18H19BrO/c1-2-20-15-10-8-14(9-11-15)18(19)17-12-16(17)13-6-4-3-5-7-13/h3-11,16-18H,2,12H2,1H3. The molecule has 104 valence electrons. The molecule has 1 aliphatic rings. The Morgan fingerprint density at radius 3 is 2.45 bits per heavy atom. The van der Waals surface area contributed by atoms with Gasteiger partial charge in [0.2, 0.25) is 0 Å². The summed E-state index contributed by atoms with van der Waals surface area (Å²) >= 11 is 3.87. The van der Waals surface area contributed by atoms with Crippen molar-refractivity contribution in [3.63, 3.8) is 0 Å². The summed E-state index contributed by atoms with van der Waals surface area (Å²) in [6.45, 7) is 2.73. The van der Waals surface area contributed by atoms with E-state index in [0.717, 1.165) is 12.4 Å². The summed E-state index contributed by atoms with van der Waals surface area (Å²) < 4.78 is 5.49. The molecule has 3 unspecified atom stereocenters. The fourth-order valence-electron chi connectivity index (χ4n) is 2.78. The summed E-state index contributed by atoms with van der Waals surface area (Å²) in [5.41, 5.74) is 2.81. The van der Waals surface area contributed by atoms with Crippen LogP contribution in [0.25, 0.3) is 0 Å². The second-order valence-electron chi connectivity index (χ2n) is 5.32. The van der Waals surface area contributed by atoms with Crippen LogP contribution in [0, 0.1) is 5.92 Å². The van der Waals surface area contributed by atoms with Crippen LogP contribution in [0.2, 0.25) is 0 Å². The topological polar surface area (TPSA) is 9.23 Å². The molecule has 0 N–H and O–H groups in total. The molecule has 20 heavy (non-hydrogen) atoms. The van der Waals surface area contributed by atoms with Crippen molar-refractivity contribution in [2.45, 2.75) is 24.1 Å². The average molecular weight is 331 g/mol. The molecular formula is C18H19BrO. The monoisotopic (exact) mass is 330 g/mol. The molecule has 0 amide bonds. The van der Waals surface area contributed by atoms with E-state index in [-0.39, 0.29) is 0 Å². The van der Waals surface area contributed by atoms with E-state index in [0.29, 0.717) is 16.7 Å². The van der Waals surface area contributed by atoms with Gasteiger partial charge in [0.1, 0.15) is 5.75 Å². The minimum absolute atomic E-state index is 0.434. The number of hydrogen-bond acceptors (Lipinski definition) is 1. The highest BCUT2D eigenvalue weighted by Gasteiger charge is 2.43. The zero-order chi connectivity index (χ0) is 13.9. The van der Waals surface area contributed by atoms with Gasteiger partial charge in [-0.25, -0.2) is 0 Å². The number of alkyl halides is 1. The van der Waals surface area contributed by atoms with Crippen LogP contribution in [0.1, 0.15) is 35.2 Å². The van der Waals surface area contributed by atoms with Crippen LogP contribution in [-0.2, 0) is 0 Å². The van der Waals surface area contributed by atoms with Crippen LogP contribution < -0.4 is 4.74 Å². The molecule has 0 aliphatic heterocycles. The first-order valence-electron chi connectivity index (χ1n) is 7.21. The zero-order valence-electron chi connectivity index (χ0n) is 11.6. The third kappa shape index (κ3) is 2.90. The van der Waals surface area contributed by atoms with Crippen molar-refractivity contribution >= 4 is 15.9 Å². The molecule has 1 fully saturated rings. The van der Waals surface area contributed by atoms with Gasteiger partial charge >= 0.3 is 0 Å². The first kappa shape index (κ1) is 13.7. The molecule has 0 spiro atoms. The molecule has 0 aromatic heterocycles. The van der Waals surface area contributed by atoms with Crippen LogP contribution in [-0.4, -0.2) is 6.61 Å². The molecule has 1 nitrogen and oxygen atoms in total. The van der Waals surface area contributed by atoms with Gasteiger partial charge in [-0.05, 0) is 48.4 Å². The lowest BCUT2D eigenvalue weighted by atomic mass is 10.0. The fraction of sp³-hybridized carbons (Fsp3) is 0.333. The smallest absolute Gasteiger partial charge is 0.119 e. The average Bonchev–Trinajstić information content (AvgIpc) is 3.29. The molecule has 2 aromatic rings. The second kappa shape index (κ2) is 6.01. The van der Waals surface area contributed by atoms with Gasteiger partial charge in [-0.2, -0.15) is 0 Å². The van der Waals surface area contributed by atoms with E-state index in [4.69, 9.17) is 4.74 Å². The lowest BCUT2D eigenvalue weighted by Gasteiger charge is -2.11. The summed E-state index contributed by atoms with van der Waals surface area (Å²) in [6, 6.07) is 19.3. The van der Waals surface area contributed by atoms with E-state index in [2.05, 4.69) is 70.5 Å². The second-order valence-corrected chi connectivity index (χ2v) is 6.31. The van der Waals surface area contributed by atoms with Crippen molar-refractivity contribution in [1.29, 1.82) is 0 Å². The van der Waals surface area contributed by atoms with Gasteiger partial charge in [-0.1, -0.05) is 58.4 Å². The molecule has 0 radical (unpaired) electrons. The Kier molecular flexibility index (Phi) is 4.11. The summed E-state index contributed by atoms with van der Waals surface area (Å²) in [7, 11) is 0. The van der Waals surface area contributed by atoms with Crippen molar-refractivity contribution in [1.82, 2.24) is 0 Å². The maximum Gasteiger partial charge on any atom is 0.119 e. The lowest BCUT2D eigenvalue weighted by Crippen LogP contribution is -1.96. The largest absolute Gasteiger partial charge is 0.494 e. The normalized spacial score (nSPS) is 22.3. The molecule has 0 heterocycles. The van der Waals surface area contributed by atoms with Crippen molar-refractivity contribution in [3.8, 4) is 5.75 Å². The van der Waals surface area contributed by atoms with Gasteiger partial charge in [-0.3, -0.25) is 0 Å². The molecule has 2 heteroatoms. The predicted octanol–water partition coefficient (Wildman–Crippen LogP) is 5.33. The Labute approximate surface area is 129 Å². The SMILES string of the molecule is CCOc1ccc(C(Br)C2CC2c2ccccc2)cc1. The molecule has 0 saturated heterocycles. The lowest BCUT2D eigenvalue weighted by molar-refractivity contribution is 0.340. The number of benzene rings is 2. The molecule has 1 aliphatic carbocycles. The summed E-state index contributed by atoms with van der Waals surface area (Å²) in [5.74, 6) is 2.36. The Hall–Kier alpha value is -1.28. The summed E-state index contributed by atoms with van der Waals surface area (Å²) in [5, 5.41) is 0. The van der Waals surface area contributed by atoms with Crippen molar-refractivity contribution in [2.24, 2.45) is 5.92 Å². The van der Waals surface area contributed by atoms with E-state index in [1.54, 1.807) is 0 Å². The summed E-state index contributed by atoms with van der Waals surface area (Å²) in [4.78, 5) is 0.434. The molecule has 0 bridgehead atoms. The third-order valence-electron chi connectivity index (χ3n) is 3.95. The molecule has 1 saturated carbocycles. The number of rotatable bonds is 5. The first-order valence-corrected chi connectivity index (χ1v) is 8.13. The van der Waals surface area contributed by atoms with Gasteiger partial charge < -0.3 is 4.74 Å². The zero-order valence-corrected chi connectivity index (χ0v) is 13.2. The number of ether oxygens (including phenoxy) is 1. The summed E-state index contributed by atoms with van der Waals surface area (Å²) in [6.07, 6.45) is 1.27. The third-order valence-corrected chi connectivity index (χ3v) is 5.16. The van der Waals surface area contributed by atoms with Crippen molar-refractivity contribution in [2.75, 3.05) is 6.61 Å². The van der Waals surface area contributed by atoms with Crippen molar-refractivity contribution < 1.29 is 4.74 Å². The number of hydrogen-bond donors (Lipinski definition) is 0. The van der Waals surface area contributed by atoms with Gasteiger partial charge in [0, 0.05) is 4.83 Å². The predicted molar refractivity (Wildman–Crippen MR) is 86.6 cm³/mol. The molecular weight excluding hydrogens is 312 g/mol. The molecule has 2 aromatic carbocycles.